The van der Waals surface area contributed by atoms with Crippen LogP contribution in [0.4, 0.5) is 0 Å². The number of carbonyl (C=O) groups is 1. The van der Waals surface area contributed by atoms with Crippen LogP contribution in [-0.4, -0.2) is 12.5 Å². The van der Waals surface area contributed by atoms with Crippen molar-refractivity contribution in [3.05, 3.63) is 54.0 Å². The molecule has 0 bridgehead atoms. The molecule has 0 fully saturated rings. The van der Waals surface area contributed by atoms with E-state index in [1.807, 2.05) is 37.3 Å². The molecule has 0 aliphatic rings. The minimum atomic E-state index is -0.173. The minimum Gasteiger partial charge on any atom is -0.484 e. The van der Waals surface area contributed by atoms with E-state index >= 15 is 0 Å². The van der Waals surface area contributed by atoms with E-state index in [2.05, 4.69) is 12.2 Å². The van der Waals surface area contributed by atoms with E-state index in [4.69, 9.17) is 9.15 Å². The predicted molar refractivity (Wildman–Crippen MR) is 76.6 cm³/mol. The fourth-order valence-corrected chi connectivity index (χ4v) is 1.86. The average Bonchev–Trinajstić information content (AvgIpc) is 3.00. The molecule has 1 atom stereocenters. The van der Waals surface area contributed by atoms with Gasteiger partial charge in [-0.05, 0) is 43.2 Å². The first-order valence-electron chi connectivity index (χ1n) is 6.73. The van der Waals surface area contributed by atoms with Gasteiger partial charge in [0, 0.05) is 0 Å². The van der Waals surface area contributed by atoms with Crippen molar-refractivity contribution >= 4 is 5.91 Å². The van der Waals surface area contributed by atoms with Gasteiger partial charge in [0.25, 0.3) is 5.91 Å². The van der Waals surface area contributed by atoms with Crippen molar-refractivity contribution in [2.24, 2.45) is 0 Å². The molecule has 1 N–H and O–H groups in total. The Morgan fingerprint density at radius 3 is 2.65 bits per heavy atom. The molecule has 1 heterocycles. The summed E-state index contributed by atoms with van der Waals surface area (Å²) >= 11 is 0. The molecule has 0 saturated heterocycles. The van der Waals surface area contributed by atoms with Gasteiger partial charge in [-0.2, -0.15) is 0 Å². The number of benzene rings is 1. The highest BCUT2D eigenvalue weighted by atomic mass is 16.5. The summed E-state index contributed by atoms with van der Waals surface area (Å²) in [6.45, 7) is 3.96. The van der Waals surface area contributed by atoms with E-state index in [9.17, 15) is 4.79 Å². The zero-order valence-corrected chi connectivity index (χ0v) is 11.8. The summed E-state index contributed by atoms with van der Waals surface area (Å²) in [5.41, 5.74) is 1.24. The van der Waals surface area contributed by atoms with Crippen LogP contribution in [0.15, 0.2) is 47.1 Å². The Labute approximate surface area is 118 Å². The summed E-state index contributed by atoms with van der Waals surface area (Å²) in [7, 11) is 0. The second kappa shape index (κ2) is 6.80. The van der Waals surface area contributed by atoms with Crippen LogP contribution in [0.25, 0.3) is 0 Å². The molecule has 0 aliphatic carbocycles. The second-order valence-corrected chi connectivity index (χ2v) is 4.59. The van der Waals surface area contributed by atoms with Crippen molar-refractivity contribution in [2.45, 2.75) is 26.3 Å². The number of ether oxygens (including phenoxy) is 1. The smallest absolute Gasteiger partial charge is 0.258 e. The molecule has 0 saturated carbocycles. The molecular weight excluding hydrogens is 254 g/mol. The van der Waals surface area contributed by atoms with Crippen molar-refractivity contribution in [3.63, 3.8) is 0 Å². The van der Waals surface area contributed by atoms with E-state index in [0.29, 0.717) is 5.75 Å². The highest BCUT2D eigenvalue weighted by molar-refractivity contribution is 5.77. The SMILES string of the molecule is CCc1ccc(OCC(=O)N[C@H](C)c2ccco2)cc1. The fraction of sp³-hybridized carbons (Fsp3) is 0.312. The topological polar surface area (TPSA) is 51.5 Å². The lowest BCUT2D eigenvalue weighted by Gasteiger charge is -2.12. The predicted octanol–water partition coefficient (Wildman–Crippen LogP) is 3.10. The van der Waals surface area contributed by atoms with Gasteiger partial charge in [-0.25, -0.2) is 0 Å². The molecule has 0 spiro atoms. The first kappa shape index (κ1) is 14.2. The normalized spacial score (nSPS) is 11.9. The van der Waals surface area contributed by atoms with E-state index in [1.54, 1.807) is 12.3 Å². The monoisotopic (exact) mass is 273 g/mol. The zero-order chi connectivity index (χ0) is 14.4. The van der Waals surface area contributed by atoms with Crippen LogP contribution < -0.4 is 10.1 Å². The summed E-state index contributed by atoms with van der Waals surface area (Å²) in [5, 5.41) is 2.82. The maximum atomic E-state index is 11.8. The number of aryl methyl sites for hydroxylation is 1. The van der Waals surface area contributed by atoms with E-state index in [1.165, 1.54) is 5.56 Å². The molecule has 4 heteroatoms. The number of hydrogen-bond donors (Lipinski definition) is 1. The summed E-state index contributed by atoms with van der Waals surface area (Å²) in [5.74, 6) is 1.25. The standard InChI is InChI=1S/C16H19NO3/c1-3-13-6-8-14(9-7-13)20-11-16(18)17-12(2)15-5-4-10-19-15/h4-10,12H,3,11H2,1-2H3,(H,17,18)/t12-/m1/s1. The number of hydrogen-bond acceptors (Lipinski definition) is 3. The van der Waals surface area contributed by atoms with Crippen LogP contribution in [0.1, 0.15) is 31.2 Å². The van der Waals surface area contributed by atoms with Crippen molar-refractivity contribution in [1.82, 2.24) is 5.32 Å². The van der Waals surface area contributed by atoms with Gasteiger partial charge in [0.2, 0.25) is 0 Å². The third-order valence-corrected chi connectivity index (χ3v) is 3.05. The summed E-state index contributed by atoms with van der Waals surface area (Å²) in [4.78, 5) is 11.8. The summed E-state index contributed by atoms with van der Waals surface area (Å²) in [6, 6.07) is 11.2. The lowest BCUT2D eigenvalue weighted by molar-refractivity contribution is -0.123. The van der Waals surface area contributed by atoms with Crippen LogP contribution in [0, 0.1) is 0 Å². The first-order valence-corrected chi connectivity index (χ1v) is 6.73. The first-order chi connectivity index (χ1) is 9.69. The third kappa shape index (κ3) is 3.88. The molecule has 0 unspecified atom stereocenters. The van der Waals surface area contributed by atoms with Crippen LogP contribution in [0.5, 0.6) is 5.75 Å². The highest BCUT2D eigenvalue weighted by Crippen LogP contribution is 2.14. The average molecular weight is 273 g/mol. The molecule has 106 valence electrons. The third-order valence-electron chi connectivity index (χ3n) is 3.05. The molecule has 0 aliphatic heterocycles. The van der Waals surface area contributed by atoms with Crippen molar-refractivity contribution in [3.8, 4) is 5.75 Å². The van der Waals surface area contributed by atoms with Gasteiger partial charge in [-0.15, -0.1) is 0 Å². The maximum absolute atomic E-state index is 11.8. The zero-order valence-electron chi connectivity index (χ0n) is 11.8. The Balaban J connectivity index is 1.79. The molecular formula is C16H19NO3. The van der Waals surface area contributed by atoms with Crippen LogP contribution in [0.2, 0.25) is 0 Å². The van der Waals surface area contributed by atoms with Gasteiger partial charge in [0.1, 0.15) is 11.5 Å². The van der Waals surface area contributed by atoms with Gasteiger partial charge in [-0.1, -0.05) is 19.1 Å². The summed E-state index contributed by atoms with van der Waals surface area (Å²) in [6.07, 6.45) is 2.57. The molecule has 2 rings (SSSR count). The minimum absolute atomic E-state index is 0.00345. The van der Waals surface area contributed by atoms with Gasteiger partial charge in [0.15, 0.2) is 6.61 Å². The van der Waals surface area contributed by atoms with E-state index in [-0.39, 0.29) is 18.6 Å². The highest BCUT2D eigenvalue weighted by Gasteiger charge is 2.11. The molecule has 4 nitrogen and oxygen atoms in total. The maximum Gasteiger partial charge on any atom is 0.258 e. The molecule has 2 aromatic rings. The van der Waals surface area contributed by atoms with Crippen LogP contribution in [-0.2, 0) is 11.2 Å². The number of amides is 1. The van der Waals surface area contributed by atoms with Gasteiger partial charge in [0.05, 0.1) is 12.3 Å². The van der Waals surface area contributed by atoms with Gasteiger partial charge in [-0.3, -0.25) is 4.79 Å². The lowest BCUT2D eigenvalue weighted by Crippen LogP contribution is -2.31. The Morgan fingerprint density at radius 2 is 2.05 bits per heavy atom. The van der Waals surface area contributed by atoms with E-state index < -0.39 is 0 Å². The second-order valence-electron chi connectivity index (χ2n) is 4.59. The van der Waals surface area contributed by atoms with Crippen molar-refractivity contribution in [1.29, 1.82) is 0 Å². The van der Waals surface area contributed by atoms with E-state index in [0.717, 1.165) is 12.2 Å². The van der Waals surface area contributed by atoms with Gasteiger partial charge >= 0.3 is 0 Å². The lowest BCUT2D eigenvalue weighted by atomic mass is 10.2. The Morgan fingerprint density at radius 1 is 1.30 bits per heavy atom. The Bertz CT molecular complexity index is 531. The van der Waals surface area contributed by atoms with Crippen molar-refractivity contribution < 1.29 is 13.9 Å². The fourth-order valence-electron chi connectivity index (χ4n) is 1.86. The summed E-state index contributed by atoms with van der Waals surface area (Å²) < 4.78 is 10.7. The molecule has 1 aromatic carbocycles. The number of nitrogens with one attached hydrogen (secondary N) is 1. The quantitative estimate of drug-likeness (QED) is 0.880. The van der Waals surface area contributed by atoms with Gasteiger partial charge < -0.3 is 14.5 Å². The number of carbonyl (C=O) groups excluding carboxylic acids is 1. The molecule has 1 aromatic heterocycles. The largest absolute Gasteiger partial charge is 0.484 e. The Hall–Kier alpha value is -2.23. The van der Waals surface area contributed by atoms with Crippen LogP contribution in [0.3, 0.4) is 0 Å². The van der Waals surface area contributed by atoms with Crippen LogP contribution >= 0.6 is 0 Å². The number of rotatable bonds is 6. The van der Waals surface area contributed by atoms with Crippen molar-refractivity contribution in [2.75, 3.05) is 6.61 Å². The molecule has 0 radical (unpaired) electrons. The molecule has 20 heavy (non-hydrogen) atoms. The Kier molecular flexibility index (Phi) is 4.82. The number of furan rings is 1. The molecule has 1 amide bonds.